The molecule has 2 aliphatic heterocycles. The van der Waals surface area contributed by atoms with Gasteiger partial charge in [-0.3, -0.25) is 24.2 Å². The average Bonchev–Trinajstić information content (AvgIpc) is 3.98. The van der Waals surface area contributed by atoms with Crippen LogP contribution in [0.25, 0.3) is 22.4 Å². The summed E-state index contributed by atoms with van der Waals surface area (Å²) in [6.45, 7) is 1.68. The van der Waals surface area contributed by atoms with Gasteiger partial charge in [0.05, 0.1) is 23.9 Å². The number of hydrogen-bond acceptors (Lipinski definition) is 6. The lowest BCUT2D eigenvalue weighted by atomic mass is 10.0. The third-order valence-corrected chi connectivity index (χ3v) is 10.7. The Morgan fingerprint density at radius 3 is 1.85 bits per heavy atom. The number of likely N-dealkylation sites (N-methyl/N-ethyl adjacent to an activating group) is 2. The summed E-state index contributed by atoms with van der Waals surface area (Å²) in [6.07, 6.45) is 4.29. The number of imidazole rings is 1. The SMILES string of the molecule is CN(C)[C@H](C(=O)N1CC[C@@H](C(=O)Nc2ccc(-c3ccc(-c4cnc([C@@H]5CCCN5C(=O)[C@@H](c5ccccc5)N(C)C)[nH]4)cc3)cc2)C1)c1ccccc1. The Labute approximate surface area is 317 Å². The molecule has 0 aliphatic carbocycles. The van der Waals surface area contributed by atoms with Gasteiger partial charge in [0.1, 0.15) is 17.9 Å². The minimum Gasteiger partial charge on any atom is -0.340 e. The number of likely N-dealkylation sites (tertiary alicyclic amines) is 2. The highest BCUT2D eigenvalue weighted by Crippen LogP contribution is 2.35. The molecule has 0 radical (unpaired) electrons. The highest BCUT2D eigenvalue weighted by Gasteiger charge is 2.38. The lowest BCUT2D eigenvalue weighted by Gasteiger charge is -2.31. The number of hydrogen-bond donors (Lipinski definition) is 2. The van der Waals surface area contributed by atoms with E-state index in [1.165, 1.54) is 0 Å². The Morgan fingerprint density at radius 2 is 1.26 bits per heavy atom. The highest BCUT2D eigenvalue weighted by atomic mass is 16.2. The topological polar surface area (TPSA) is 105 Å². The summed E-state index contributed by atoms with van der Waals surface area (Å²) in [6, 6.07) is 35.1. The number of carbonyl (C=O) groups is 3. The first-order valence-corrected chi connectivity index (χ1v) is 18.8. The summed E-state index contributed by atoms with van der Waals surface area (Å²) < 4.78 is 0. The fourth-order valence-electron chi connectivity index (χ4n) is 7.90. The van der Waals surface area contributed by atoms with Crippen LogP contribution in [0, 0.1) is 5.92 Å². The molecule has 0 spiro atoms. The number of benzene rings is 4. The molecule has 0 saturated carbocycles. The molecule has 3 heterocycles. The van der Waals surface area contributed by atoms with Crippen LogP contribution in [0.4, 0.5) is 5.69 Å². The number of nitrogens with one attached hydrogen (secondary N) is 2. The Balaban J connectivity index is 0.955. The number of rotatable bonds is 11. The van der Waals surface area contributed by atoms with Crippen molar-refractivity contribution in [1.29, 1.82) is 0 Å². The minimum atomic E-state index is -0.381. The zero-order valence-corrected chi connectivity index (χ0v) is 31.5. The third-order valence-electron chi connectivity index (χ3n) is 10.7. The molecule has 2 saturated heterocycles. The molecule has 2 N–H and O–H groups in total. The van der Waals surface area contributed by atoms with E-state index in [1.807, 2.05) is 139 Å². The number of nitrogens with zero attached hydrogens (tertiary/aromatic N) is 5. The molecular weight excluding hydrogens is 675 g/mol. The minimum absolute atomic E-state index is 0.0228. The first kappa shape index (κ1) is 36.8. The van der Waals surface area contributed by atoms with E-state index < -0.39 is 0 Å². The molecule has 4 atom stereocenters. The molecule has 2 fully saturated rings. The molecule has 0 unspecified atom stereocenters. The smallest absolute Gasteiger partial charge is 0.245 e. The van der Waals surface area contributed by atoms with Gasteiger partial charge in [-0.1, -0.05) is 97.1 Å². The number of anilines is 1. The van der Waals surface area contributed by atoms with Gasteiger partial charge in [0.25, 0.3) is 0 Å². The van der Waals surface area contributed by atoms with Gasteiger partial charge in [-0.15, -0.1) is 0 Å². The van der Waals surface area contributed by atoms with E-state index >= 15 is 0 Å². The third kappa shape index (κ3) is 7.85. The van der Waals surface area contributed by atoms with Crippen LogP contribution in [0.5, 0.6) is 0 Å². The van der Waals surface area contributed by atoms with Crippen molar-refractivity contribution in [2.75, 3.05) is 53.1 Å². The number of H-pyrrole nitrogens is 1. The lowest BCUT2D eigenvalue weighted by molar-refractivity contribution is -0.137. The van der Waals surface area contributed by atoms with Crippen molar-refractivity contribution in [2.45, 2.75) is 37.4 Å². The summed E-state index contributed by atoms with van der Waals surface area (Å²) in [4.78, 5) is 56.6. The molecule has 5 aromatic rings. The summed E-state index contributed by atoms with van der Waals surface area (Å²) in [5.41, 5.74) is 6.67. The van der Waals surface area contributed by atoms with Crippen molar-refractivity contribution >= 4 is 23.4 Å². The maximum Gasteiger partial charge on any atom is 0.245 e. The summed E-state index contributed by atoms with van der Waals surface area (Å²) in [5.74, 6) is 0.598. The molecule has 10 nitrogen and oxygen atoms in total. The second-order valence-electron chi connectivity index (χ2n) is 14.8. The van der Waals surface area contributed by atoms with Crippen molar-refractivity contribution in [3.8, 4) is 22.4 Å². The van der Waals surface area contributed by atoms with Gasteiger partial charge in [0.2, 0.25) is 17.7 Å². The second kappa shape index (κ2) is 16.2. The van der Waals surface area contributed by atoms with Crippen molar-refractivity contribution in [3.05, 3.63) is 132 Å². The lowest BCUT2D eigenvalue weighted by Crippen LogP contribution is -2.40. The molecule has 3 amide bonds. The van der Waals surface area contributed by atoms with Crippen LogP contribution >= 0.6 is 0 Å². The van der Waals surface area contributed by atoms with Gasteiger partial charge >= 0.3 is 0 Å². The van der Waals surface area contributed by atoms with Crippen LogP contribution in [0.2, 0.25) is 0 Å². The Kier molecular flexibility index (Phi) is 11.0. The van der Waals surface area contributed by atoms with Crippen LogP contribution in [0.1, 0.15) is 54.3 Å². The van der Waals surface area contributed by atoms with E-state index in [2.05, 4.69) is 34.6 Å². The number of carbonyl (C=O) groups excluding carboxylic acids is 3. The zero-order valence-electron chi connectivity index (χ0n) is 31.5. The molecule has 10 heteroatoms. The van der Waals surface area contributed by atoms with Crippen LogP contribution in [0.3, 0.4) is 0 Å². The monoisotopic (exact) mass is 723 g/mol. The molecular formula is C44H49N7O3. The fraction of sp³-hybridized carbons (Fsp3) is 0.318. The maximum atomic E-state index is 13.9. The van der Waals surface area contributed by atoms with Gasteiger partial charge in [0, 0.05) is 25.3 Å². The Bertz CT molecular complexity index is 2050. The van der Waals surface area contributed by atoms with E-state index in [4.69, 9.17) is 4.98 Å². The molecule has 2 aliphatic rings. The van der Waals surface area contributed by atoms with Gasteiger partial charge < -0.3 is 20.1 Å². The quantitative estimate of drug-likeness (QED) is 0.155. The van der Waals surface area contributed by atoms with Crippen molar-refractivity contribution < 1.29 is 14.4 Å². The van der Waals surface area contributed by atoms with E-state index in [0.29, 0.717) is 26.1 Å². The summed E-state index contributed by atoms with van der Waals surface area (Å²) in [5, 5.41) is 3.07. The van der Waals surface area contributed by atoms with Gasteiger partial charge in [-0.2, -0.15) is 0 Å². The Hall–Kier alpha value is -5.58. The maximum absolute atomic E-state index is 13.9. The average molecular weight is 724 g/mol. The normalized spacial score (nSPS) is 18.3. The first-order valence-electron chi connectivity index (χ1n) is 18.8. The number of aromatic amines is 1. The van der Waals surface area contributed by atoms with Gasteiger partial charge in [-0.05, 0) is 87.4 Å². The fourth-order valence-corrected chi connectivity index (χ4v) is 7.90. The van der Waals surface area contributed by atoms with E-state index in [-0.39, 0.29) is 41.8 Å². The van der Waals surface area contributed by atoms with E-state index in [0.717, 1.165) is 57.9 Å². The van der Waals surface area contributed by atoms with Crippen LogP contribution in [0.15, 0.2) is 115 Å². The highest BCUT2D eigenvalue weighted by molar-refractivity contribution is 5.94. The standard InChI is InChI=1S/C44H49N7O3/c1-48(2)39(33-12-7-5-8-13-33)43(53)50-27-25-35(29-50)42(52)46-36-23-21-31(22-24-36)30-17-19-32(20-18-30)37-28-45-41(47-37)38-16-11-26-51(38)44(54)40(49(3)4)34-14-9-6-10-15-34/h5-10,12-15,17-24,28,35,38-40H,11,16,25-27,29H2,1-4H3,(H,45,47)(H,46,52)/t35-,38+,39+,40-/m1/s1. The number of aromatic nitrogens is 2. The molecule has 7 rings (SSSR count). The van der Waals surface area contributed by atoms with Gasteiger partial charge in [0.15, 0.2) is 0 Å². The summed E-state index contributed by atoms with van der Waals surface area (Å²) >= 11 is 0. The zero-order chi connectivity index (χ0) is 37.8. The number of amides is 3. The first-order chi connectivity index (χ1) is 26.2. The predicted molar refractivity (Wildman–Crippen MR) is 212 cm³/mol. The van der Waals surface area contributed by atoms with Crippen LogP contribution in [-0.4, -0.2) is 95.1 Å². The molecule has 4 aromatic carbocycles. The van der Waals surface area contributed by atoms with E-state index in [1.54, 1.807) is 0 Å². The van der Waals surface area contributed by atoms with Crippen LogP contribution in [-0.2, 0) is 14.4 Å². The predicted octanol–water partition coefficient (Wildman–Crippen LogP) is 6.80. The van der Waals surface area contributed by atoms with Crippen LogP contribution < -0.4 is 5.32 Å². The largest absolute Gasteiger partial charge is 0.340 e. The molecule has 1 aromatic heterocycles. The van der Waals surface area contributed by atoms with E-state index in [9.17, 15) is 14.4 Å². The van der Waals surface area contributed by atoms with Gasteiger partial charge in [-0.25, -0.2) is 4.98 Å². The Morgan fingerprint density at radius 1 is 0.704 bits per heavy atom. The van der Waals surface area contributed by atoms with Crippen molar-refractivity contribution in [1.82, 2.24) is 29.6 Å². The van der Waals surface area contributed by atoms with Crippen molar-refractivity contribution in [3.63, 3.8) is 0 Å². The second-order valence-corrected chi connectivity index (χ2v) is 14.8. The molecule has 0 bridgehead atoms. The molecule has 278 valence electrons. The molecule has 54 heavy (non-hydrogen) atoms. The summed E-state index contributed by atoms with van der Waals surface area (Å²) in [7, 11) is 7.72. The van der Waals surface area contributed by atoms with Crippen molar-refractivity contribution in [2.24, 2.45) is 5.92 Å².